The molecule has 0 unspecified atom stereocenters. The minimum absolute atomic E-state index is 0.136. The Balaban J connectivity index is 2.07. The molecule has 8 heteroatoms. The fraction of sp³-hybridized carbons (Fsp3) is 0.750. The first-order valence-electron chi connectivity index (χ1n) is 6.42. The highest BCUT2D eigenvalue weighted by molar-refractivity contribution is 7.98. The Kier molecular flexibility index (Phi) is 3.86. The molecule has 0 aliphatic heterocycles. The summed E-state index contributed by atoms with van der Waals surface area (Å²) in [5, 5.41) is 16.5. The van der Waals surface area contributed by atoms with Gasteiger partial charge in [-0.25, -0.2) is 4.68 Å². The summed E-state index contributed by atoms with van der Waals surface area (Å²) in [7, 11) is 0. The molecule has 0 N–H and O–H groups in total. The lowest BCUT2D eigenvalue weighted by molar-refractivity contribution is 0.318. The van der Waals surface area contributed by atoms with Gasteiger partial charge >= 0.3 is 0 Å². The second kappa shape index (κ2) is 5.16. The molecule has 0 spiro atoms. The molecule has 0 saturated carbocycles. The molecule has 2 aromatic heterocycles. The van der Waals surface area contributed by atoms with Gasteiger partial charge in [0.2, 0.25) is 11.0 Å². The first-order valence-corrected chi connectivity index (χ1v) is 7.41. The molecular weight excluding hydrogens is 276 g/mol. The molecule has 2 rings (SSSR count). The monoisotopic (exact) mass is 296 g/mol. The van der Waals surface area contributed by atoms with Gasteiger partial charge < -0.3 is 4.52 Å². The Morgan fingerprint density at radius 3 is 2.40 bits per heavy atom. The van der Waals surface area contributed by atoms with Gasteiger partial charge in [0.25, 0.3) is 0 Å². The van der Waals surface area contributed by atoms with Crippen LogP contribution in [0, 0.1) is 0 Å². The van der Waals surface area contributed by atoms with Crippen molar-refractivity contribution >= 4 is 11.8 Å². The van der Waals surface area contributed by atoms with E-state index in [1.165, 1.54) is 11.8 Å². The molecule has 0 aliphatic rings. The molecular formula is C12H20N6OS. The summed E-state index contributed by atoms with van der Waals surface area (Å²) in [6.07, 6.45) is 0. The van der Waals surface area contributed by atoms with Gasteiger partial charge in [0.15, 0.2) is 5.82 Å². The van der Waals surface area contributed by atoms with Crippen LogP contribution in [0.5, 0.6) is 0 Å². The van der Waals surface area contributed by atoms with Gasteiger partial charge in [-0.15, -0.1) is 5.10 Å². The third-order valence-electron chi connectivity index (χ3n) is 2.52. The standard InChI is InChI=1S/C12H20N6OS/c1-11(2,3)9-13-8(15-19-9)7-20-10-14-16-17-18(10)12(4,5)6/h7H2,1-6H3. The number of hydrogen-bond acceptors (Lipinski definition) is 7. The van der Waals surface area contributed by atoms with E-state index in [0.29, 0.717) is 17.5 Å². The summed E-state index contributed by atoms with van der Waals surface area (Å²) in [4.78, 5) is 4.40. The molecule has 2 heterocycles. The molecule has 7 nitrogen and oxygen atoms in total. The van der Waals surface area contributed by atoms with E-state index in [0.717, 1.165) is 5.16 Å². The summed E-state index contributed by atoms with van der Waals surface area (Å²) in [5.74, 6) is 1.88. The van der Waals surface area contributed by atoms with E-state index in [9.17, 15) is 0 Å². The van der Waals surface area contributed by atoms with E-state index in [-0.39, 0.29) is 11.0 Å². The van der Waals surface area contributed by atoms with Crippen LogP contribution in [-0.4, -0.2) is 30.3 Å². The third-order valence-corrected chi connectivity index (χ3v) is 3.43. The Morgan fingerprint density at radius 1 is 1.15 bits per heavy atom. The summed E-state index contributed by atoms with van der Waals surface area (Å²) >= 11 is 1.50. The highest BCUT2D eigenvalue weighted by atomic mass is 32.2. The lowest BCUT2D eigenvalue weighted by Gasteiger charge is -2.19. The zero-order valence-electron chi connectivity index (χ0n) is 12.7. The topological polar surface area (TPSA) is 82.5 Å². The summed E-state index contributed by atoms with van der Waals surface area (Å²) in [6, 6.07) is 0. The lowest BCUT2D eigenvalue weighted by atomic mass is 9.97. The van der Waals surface area contributed by atoms with Crippen LogP contribution >= 0.6 is 11.8 Å². The number of hydrogen-bond donors (Lipinski definition) is 0. The normalized spacial score (nSPS) is 12.9. The Morgan fingerprint density at radius 2 is 1.85 bits per heavy atom. The highest BCUT2D eigenvalue weighted by Crippen LogP contribution is 2.25. The van der Waals surface area contributed by atoms with Crippen molar-refractivity contribution in [1.82, 2.24) is 30.3 Å². The fourth-order valence-corrected chi connectivity index (χ4v) is 2.34. The predicted octanol–water partition coefficient (Wildman–Crippen LogP) is 2.40. The Labute approximate surface area is 122 Å². The molecule has 0 atom stereocenters. The zero-order chi connectivity index (χ0) is 15.0. The van der Waals surface area contributed by atoms with Crippen molar-refractivity contribution in [3.05, 3.63) is 11.7 Å². The maximum atomic E-state index is 5.26. The van der Waals surface area contributed by atoms with E-state index in [1.807, 2.05) is 20.8 Å². The van der Waals surface area contributed by atoms with Gasteiger partial charge in [0.1, 0.15) is 0 Å². The average Bonchev–Trinajstić information content (AvgIpc) is 2.93. The highest BCUT2D eigenvalue weighted by Gasteiger charge is 2.23. The first kappa shape index (κ1) is 15.0. The molecule has 0 amide bonds. The van der Waals surface area contributed by atoms with Crippen LogP contribution < -0.4 is 0 Å². The molecule has 0 aliphatic carbocycles. The average molecular weight is 296 g/mol. The second-order valence-corrected chi connectivity index (χ2v) is 7.54. The smallest absolute Gasteiger partial charge is 0.232 e. The number of rotatable bonds is 3. The Hall–Kier alpha value is -1.44. The largest absolute Gasteiger partial charge is 0.339 e. The Bertz CT molecular complexity index is 577. The predicted molar refractivity (Wildman–Crippen MR) is 75.4 cm³/mol. The van der Waals surface area contributed by atoms with Crippen molar-refractivity contribution < 1.29 is 4.52 Å². The van der Waals surface area contributed by atoms with E-state index >= 15 is 0 Å². The quantitative estimate of drug-likeness (QED) is 0.804. The van der Waals surface area contributed by atoms with Crippen LogP contribution in [0.3, 0.4) is 0 Å². The van der Waals surface area contributed by atoms with Crippen LogP contribution in [-0.2, 0) is 16.7 Å². The maximum absolute atomic E-state index is 5.26. The van der Waals surface area contributed by atoms with Crippen LogP contribution in [0.1, 0.15) is 53.3 Å². The van der Waals surface area contributed by atoms with Gasteiger partial charge in [0.05, 0.1) is 11.3 Å². The molecule has 0 fully saturated rings. The van der Waals surface area contributed by atoms with Gasteiger partial charge in [-0.05, 0) is 31.2 Å². The number of aromatic nitrogens is 6. The van der Waals surface area contributed by atoms with Crippen LogP contribution in [0.4, 0.5) is 0 Å². The molecule has 0 saturated heterocycles. The second-order valence-electron chi connectivity index (χ2n) is 6.60. The number of tetrazole rings is 1. The van der Waals surface area contributed by atoms with Crippen LogP contribution in [0.2, 0.25) is 0 Å². The molecule has 20 heavy (non-hydrogen) atoms. The fourth-order valence-electron chi connectivity index (χ4n) is 1.44. The molecule has 2 aromatic rings. The van der Waals surface area contributed by atoms with Gasteiger partial charge in [-0.3, -0.25) is 0 Å². The van der Waals surface area contributed by atoms with Crippen molar-refractivity contribution in [1.29, 1.82) is 0 Å². The van der Waals surface area contributed by atoms with Gasteiger partial charge in [-0.1, -0.05) is 37.7 Å². The SMILES string of the molecule is CC(C)(C)c1nc(CSc2nnnn2C(C)(C)C)no1. The van der Waals surface area contributed by atoms with E-state index < -0.39 is 0 Å². The first-order chi connectivity index (χ1) is 9.18. The van der Waals surface area contributed by atoms with Crippen molar-refractivity contribution in [2.45, 2.75) is 63.4 Å². The molecule has 0 aromatic carbocycles. The van der Waals surface area contributed by atoms with Gasteiger partial charge in [0, 0.05) is 5.41 Å². The maximum Gasteiger partial charge on any atom is 0.232 e. The van der Waals surface area contributed by atoms with Crippen molar-refractivity contribution in [3.8, 4) is 0 Å². The van der Waals surface area contributed by atoms with Crippen LogP contribution in [0.25, 0.3) is 0 Å². The minimum Gasteiger partial charge on any atom is -0.339 e. The van der Waals surface area contributed by atoms with Crippen LogP contribution in [0.15, 0.2) is 9.68 Å². The van der Waals surface area contributed by atoms with Crippen molar-refractivity contribution in [2.75, 3.05) is 0 Å². The van der Waals surface area contributed by atoms with E-state index in [4.69, 9.17) is 4.52 Å². The number of nitrogens with zero attached hydrogens (tertiary/aromatic N) is 6. The third kappa shape index (κ3) is 3.36. The van der Waals surface area contributed by atoms with Crippen molar-refractivity contribution in [3.63, 3.8) is 0 Å². The summed E-state index contributed by atoms with van der Waals surface area (Å²) in [5.41, 5.74) is -0.289. The summed E-state index contributed by atoms with van der Waals surface area (Å²) < 4.78 is 7.06. The zero-order valence-corrected chi connectivity index (χ0v) is 13.5. The number of thioether (sulfide) groups is 1. The lowest BCUT2D eigenvalue weighted by Crippen LogP contribution is -2.24. The minimum atomic E-state index is -0.153. The van der Waals surface area contributed by atoms with E-state index in [2.05, 4.69) is 46.4 Å². The van der Waals surface area contributed by atoms with Gasteiger partial charge in [-0.2, -0.15) is 4.98 Å². The van der Waals surface area contributed by atoms with E-state index in [1.54, 1.807) is 4.68 Å². The summed E-state index contributed by atoms with van der Waals surface area (Å²) in [6.45, 7) is 12.3. The molecule has 110 valence electrons. The van der Waals surface area contributed by atoms with Crippen molar-refractivity contribution in [2.24, 2.45) is 0 Å². The molecule has 0 bridgehead atoms. The molecule has 0 radical (unpaired) electrons.